The van der Waals surface area contributed by atoms with Crippen molar-refractivity contribution in [2.24, 2.45) is 0 Å². The Morgan fingerprint density at radius 2 is 2.00 bits per heavy atom. The van der Waals surface area contributed by atoms with Crippen LogP contribution in [0.1, 0.15) is 29.8 Å². The van der Waals surface area contributed by atoms with E-state index in [0.717, 1.165) is 13.1 Å². The van der Waals surface area contributed by atoms with Gasteiger partial charge in [0.2, 0.25) is 0 Å². The number of carboxylic acid groups (broad SMARTS) is 1. The zero-order valence-corrected chi connectivity index (χ0v) is 12.8. The molecule has 1 fully saturated rings. The molecule has 1 saturated heterocycles. The molecule has 1 aromatic heterocycles. The number of ether oxygens (including phenoxy) is 1. The Balaban J connectivity index is 2.28. The van der Waals surface area contributed by atoms with Gasteiger partial charge >= 0.3 is 5.97 Å². The van der Waals surface area contributed by atoms with E-state index in [9.17, 15) is 14.7 Å². The third kappa shape index (κ3) is 3.33. The second-order valence-electron chi connectivity index (χ2n) is 6.02. The first-order valence-corrected chi connectivity index (χ1v) is 7.09. The highest BCUT2D eigenvalue weighted by Gasteiger charge is 2.29. The van der Waals surface area contributed by atoms with Gasteiger partial charge < -0.3 is 14.4 Å². The van der Waals surface area contributed by atoms with Gasteiger partial charge in [0.25, 0.3) is 5.56 Å². The molecule has 0 unspecified atom stereocenters. The molecule has 21 heavy (non-hydrogen) atoms. The van der Waals surface area contributed by atoms with Gasteiger partial charge in [-0.2, -0.15) is 0 Å². The summed E-state index contributed by atoms with van der Waals surface area (Å²) < 4.78 is 6.84. The van der Waals surface area contributed by atoms with Crippen molar-refractivity contribution in [1.29, 1.82) is 0 Å². The first-order valence-electron chi connectivity index (χ1n) is 7.09. The van der Waals surface area contributed by atoms with Gasteiger partial charge in [-0.1, -0.05) is 0 Å². The number of carbonyl (C=O) groups is 1. The van der Waals surface area contributed by atoms with E-state index in [2.05, 4.69) is 18.7 Å². The van der Waals surface area contributed by atoms with Gasteiger partial charge in [0.1, 0.15) is 5.56 Å². The molecule has 0 bridgehead atoms. The van der Waals surface area contributed by atoms with Crippen molar-refractivity contribution in [3.8, 4) is 0 Å². The standard InChI is InChI=1S/C15H22N2O4/c1-11-4-5-16(13(18)12(11)14(19)20)10-15(2,3)17-6-8-21-9-7-17/h4-5H,6-10H2,1-3H3,(H,19,20). The quantitative estimate of drug-likeness (QED) is 0.895. The van der Waals surface area contributed by atoms with Crippen molar-refractivity contribution in [2.45, 2.75) is 32.9 Å². The average molecular weight is 294 g/mol. The summed E-state index contributed by atoms with van der Waals surface area (Å²) >= 11 is 0. The molecule has 2 rings (SSSR count). The molecule has 0 amide bonds. The minimum absolute atomic E-state index is 0.143. The van der Waals surface area contributed by atoms with Gasteiger partial charge in [-0.15, -0.1) is 0 Å². The number of rotatable bonds is 4. The zero-order chi connectivity index (χ0) is 15.6. The average Bonchev–Trinajstić information content (AvgIpc) is 2.43. The van der Waals surface area contributed by atoms with Crippen molar-refractivity contribution in [3.05, 3.63) is 33.7 Å². The normalized spacial score (nSPS) is 16.9. The van der Waals surface area contributed by atoms with Crippen LogP contribution in [-0.2, 0) is 11.3 Å². The van der Waals surface area contributed by atoms with Gasteiger partial charge in [0.15, 0.2) is 0 Å². The van der Waals surface area contributed by atoms with Crippen molar-refractivity contribution in [3.63, 3.8) is 0 Å². The summed E-state index contributed by atoms with van der Waals surface area (Å²) in [7, 11) is 0. The third-order valence-corrected chi connectivity index (χ3v) is 4.01. The summed E-state index contributed by atoms with van der Waals surface area (Å²) in [6, 6.07) is 1.68. The number of hydrogen-bond donors (Lipinski definition) is 1. The summed E-state index contributed by atoms with van der Waals surface area (Å²) in [6.07, 6.45) is 1.67. The molecule has 0 aliphatic carbocycles. The number of carboxylic acids is 1. The van der Waals surface area contributed by atoms with Gasteiger partial charge in [-0.3, -0.25) is 9.69 Å². The SMILES string of the molecule is Cc1ccn(CC(C)(C)N2CCOCC2)c(=O)c1C(=O)O. The Morgan fingerprint density at radius 3 is 2.57 bits per heavy atom. The Labute approximate surface area is 123 Å². The maximum Gasteiger partial charge on any atom is 0.341 e. The number of pyridine rings is 1. The fraction of sp³-hybridized carbons (Fsp3) is 0.600. The highest BCUT2D eigenvalue weighted by molar-refractivity contribution is 5.88. The van der Waals surface area contributed by atoms with Crippen LogP contribution in [0.15, 0.2) is 17.1 Å². The Kier molecular flexibility index (Phi) is 4.49. The van der Waals surface area contributed by atoms with Gasteiger partial charge in [0, 0.05) is 31.4 Å². The molecule has 6 nitrogen and oxygen atoms in total. The maximum absolute atomic E-state index is 12.3. The van der Waals surface area contributed by atoms with Crippen LogP contribution in [0.2, 0.25) is 0 Å². The maximum atomic E-state index is 12.3. The lowest BCUT2D eigenvalue weighted by Gasteiger charge is -2.41. The van der Waals surface area contributed by atoms with E-state index in [1.807, 2.05) is 0 Å². The molecular formula is C15H22N2O4. The van der Waals surface area contributed by atoms with E-state index in [-0.39, 0.29) is 11.1 Å². The number of hydrogen-bond acceptors (Lipinski definition) is 4. The molecule has 1 N–H and O–H groups in total. The molecule has 116 valence electrons. The van der Waals surface area contributed by atoms with Crippen LogP contribution < -0.4 is 5.56 Å². The van der Waals surface area contributed by atoms with E-state index in [4.69, 9.17) is 4.74 Å². The molecular weight excluding hydrogens is 272 g/mol. The van der Waals surface area contributed by atoms with Crippen molar-refractivity contribution >= 4 is 5.97 Å². The van der Waals surface area contributed by atoms with Crippen molar-refractivity contribution < 1.29 is 14.6 Å². The molecule has 1 aliphatic heterocycles. The van der Waals surface area contributed by atoms with E-state index in [1.54, 1.807) is 19.2 Å². The van der Waals surface area contributed by atoms with Crippen LogP contribution in [0.3, 0.4) is 0 Å². The molecule has 0 aromatic carbocycles. The van der Waals surface area contributed by atoms with Gasteiger partial charge in [0.05, 0.1) is 13.2 Å². The highest BCUT2D eigenvalue weighted by atomic mass is 16.5. The van der Waals surface area contributed by atoms with E-state index in [1.165, 1.54) is 4.57 Å². The molecule has 1 aromatic rings. The fourth-order valence-electron chi connectivity index (χ4n) is 2.74. The van der Waals surface area contributed by atoms with Crippen molar-refractivity contribution in [1.82, 2.24) is 9.47 Å². The van der Waals surface area contributed by atoms with Crippen LogP contribution in [0.25, 0.3) is 0 Å². The molecule has 0 atom stereocenters. The van der Waals surface area contributed by atoms with Crippen LogP contribution in [0, 0.1) is 6.92 Å². The van der Waals surface area contributed by atoms with Crippen LogP contribution in [0.4, 0.5) is 0 Å². The largest absolute Gasteiger partial charge is 0.477 e. The van der Waals surface area contributed by atoms with Crippen LogP contribution >= 0.6 is 0 Å². The lowest BCUT2D eigenvalue weighted by Crippen LogP contribution is -2.53. The second-order valence-corrected chi connectivity index (χ2v) is 6.02. The highest BCUT2D eigenvalue weighted by Crippen LogP contribution is 2.18. The predicted molar refractivity (Wildman–Crippen MR) is 78.9 cm³/mol. The first-order chi connectivity index (χ1) is 9.83. The van der Waals surface area contributed by atoms with E-state index >= 15 is 0 Å². The summed E-state index contributed by atoms with van der Waals surface area (Å²) in [5, 5.41) is 9.18. The monoisotopic (exact) mass is 294 g/mol. The third-order valence-electron chi connectivity index (χ3n) is 4.01. The van der Waals surface area contributed by atoms with Gasteiger partial charge in [-0.05, 0) is 32.4 Å². The Bertz CT molecular complexity index is 586. The Morgan fingerprint density at radius 1 is 1.38 bits per heavy atom. The zero-order valence-electron chi connectivity index (χ0n) is 12.8. The minimum atomic E-state index is -1.17. The Hall–Kier alpha value is -1.66. The second kappa shape index (κ2) is 5.99. The number of aromatic carboxylic acids is 1. The van der Waals surface area contributed by atoms with Gasteiger partial charge in [-0.25, -0.2) is 4.79 Å². The first kappa shape index (κ1) is 15.7. The van der Waals surface area contributed by atoms with Crippen molar-refractivity contribution in [2.75, 3.05) is 26.3 Å². The minimum Gasteiger partial charge on any atom is -0.477 e. The molecule has 0 spiro atoms. The number of nitrogens with zero attached hydrogens (tertiary/aromatic N) is 2. The smallest absolute Gasteiger partial charge is 0.341 e. The fourth-order valence-corrected chi connectivity index (χ4v) is 2.74. The summed E-state index contributed by atoms with van der Waals surface area (Å²) in [5.74, 6) is -1.17. The lowest BCUT2D eigenvalue weighted by atomic mass is 10.0. The van der Waals surface area contributed by atoms with Crippen LogP contribution in [0.5, 0.6) is 0 Å². The lowest BCUT2D eigenvalue weighted by molar-refractivity contribution is -0.0159. The summed E-state index contributed by atoms with van der Waals surface area (Å²) in [6.45, 7) is 9.23. The number of aryl methyl sites for hydroxylation is 1. The van der Waals surface area contributed by atoms with E-state index in [0.29, 0.717) is 25.3 Å². The molecule has 0 radical (unpaired) electrons. The van der Waals surface area contributed by atoms with Crippen LogP contribution in [-0.4, -0.2) is 52.4 Å². The molecule has 6 heteroatoms. The molecule has 1 aliphatic rings. The van der Waals surface area contributed by atoms with E-state index < -0.39 is 11.5 Å². The summed E-state index contributed by atoms with van der Waals surface area (Å²) in [4.78, 5) is 25.8. The topological polar surface area (TPSA) is 71.8 Å². The predicted octanol–water partition coefficient (Wildman–Crippen LogP) is 0.966. The number of aromatic nitrogens is 1. The molecule has 2 heterocycles. The molecule has 0 saturated carbocycles. The summed E-state index contributed by atoms with van der Waals surface area (Å²) in [5.41, 5.74) is -0.328. The number of morpholine rings is 1.